The van der Waals surface area contributed by atoms with Gasteiger partial charge in [0.05, 0.1) is 24.8 Å². The molecule has 0 bridgehead atoms. The fraction of sp³-hybridized carbons (Fsp3) is 0.533. The molecule has 1 saturated heterocycles. The third kappa shape index (κ3) is 2.41. The summed E-state index contributed by atoms with van der Waals surface area (Å²) in [4.78, 5) is 11.8. The minimum atomic E-state index is 0.222. The molecule has 0 aliphatic carbocycles. The summed E-state index contributed by atoms with van der Waals surface area (Å²) < 4.78 is 1.84. The highest BCUT2D eigenvalue weighted by Gasteiger charge is 2.33. The van der Waals surface area contributed by atoms with Crippen LogP contribution in [0.3, 0.4) is 0 Å². The first kappa shape index (κ1) is 13.5. The molecule has 4 rings (SSSR count). The largest absolute Gasteiger partial charge is 0.342 e. The molecule has 0 aromatic carbocycles. The number of fused-ring (bicyclic) bond motifs is 1. The van der Waals surface area contributed by atoms with Gasteiger partial charge in [-0.1, -0.05) is 0 Å². The maximum Gasteiger partial charge on any atom is 0.171 e. The van der Waals surface area contributed by atoms with E-state index in [9.17, 15) is 0 Å². The minimum Gasteiger partial charge on any atom is -0.342 e. The van der Waals surface area contributed by atoms with Crippen LogP contribution in [0.5, 0.6) is 0 Å². The molecule has 0 radical (unpaired) electrons. The van der Waals surface area contributed by atoms with Gasteiger partial charge >= 0.3 is 0 Å². The predicted octanol–water partition coefficient (Wildman–Crippen LogP) is 0.400. The average Bonchev–Trinajstić information content (AvgIpc) is 3.15. The summed E-state index contributed by atoms with van der Waals surface area (Å²) >= 11 is 0. The van der Waals surface area contributed by atoms with Gasteiger partial charge in [-0.15, -0.1) is 0 Å². The van der Waals surface area contributed by atoms with Gasteiger partial charge in [0.2, 0.25) is 0 Å². The molecule has 0 spiro atoms. The molecule has 1 aromatic heterocycles. The zero-order valence-corrected chi connectivity index (χ0v) is 12.7. The first-order chi connectivity index (χ1) is 10.8. The van der Waals surface area contributed by atoms with E-state index in [1.54, 1.807) is 0 Å². The van der Waals surface area contributed by atoms with E-state index in [0.29, 0.717) is 6.04 Å². The highest BCUT2D eigenvalue weighted by molar-refractivity contribution is 6.41. The van der Waals surface area contributed by atoms with E-state index in [-0.39, 0.29) is 6.04 Å². The molecule has 1 atom stereocenters. The van der Waals surface area contributed by atoms with Crippen molar-refractivity contribution in [2.75, 3.05) is 19.6 Å². The molecule has 3 aliphatic rings. The number of nitrogens with zero attached hydrogens (tertiary/aromatic N) is 5. The van der Waals surface area contributed by atoms with Crippen molar-refractivity contribution in [1.29, 1.82) is 0 Å². The van der Waals surface area contributed by atoms with Gasteiger partial charge in [0, 0.05) is 31.2 Å². The second kappa shape index (κ2) is 5.57. The monoisotopic (exact) mass is 299 g/mol. The number of rotatable bonds is 2. The Labute approximate surface area is 129 Å². The second-order valence-electron chi connectivity index (χ2n) is 5.95. The molecule has 116 valence electrons. The molecule has 0 amide bonds. The Morgan fingerprint density at radius 2 is 2.18 bits per heavy atom. The summed E-state index contributed by atoms with van der Waals surface area (Å²) in [6, 6.07) is 0.609. The molecule has 2 N–H and O–H groups in total. The van der Waals surface area contributed by atoms with E-state index in [1.807, 2.05) is 30.3 Å². The van der Waals surface area contributed by atoms with Crippen molar-refractivity contribution in [2.24, 2.45) is 17.0 Å². The maximum absolute atomic E-state index is 4.89. The molecule has 0 saturated carbocycles. The van der Waals surface area contributed by atoms with Crippen LogP contribution < -0.4 is 10.6 Å². The lowest BCUT2D eigenvalue weighted by Gasteiger charge is -2.28. The standard InChI is InChI=1S/C15H21N7/c1-21-10-11(8-19-21)13-9-18-15-14(17-6-7-22(13)15)20-12-2-4-16-5-3-12/h6-8,10,12-13,16H,2-5,9H2,1H3,(H,17,20). The van der Waals surface area contributed by atoms with Crippen LogP contribution in [0.15, 0.2) is 34.8 Å². The summed E-state index contributed by atoms with van der Waals surface area (Å²) in [7, 11) is 1.94. The molecule has 7 heteroatoms. The number of hydrogen-bond donors (Lipinski definition) is 2. The third-order valence-corrected chi connectivity index (χ3v) is 4.39. The van der Waals surface area contributed by atoms with Crippen LogP contribution >= 0.6 is 0 Å². The molecule has 1 unspecified atom stereocenters. The Hall–Kier alpha value is -2.15. The number of amidine groups is 2. The van der Waals surface area contributed by atoms with E-state index in [4.69, 9.17) is 9.98 Å². The van der Waals surface area contributed by atoms with Gasteiger partial charge in [-0.2, -0.15) is 5.10 Å². The van der Waals surface area contributed by atoms with Gasteiger partial charge in [0.25, 0.3) is 0 Å². The molecule has 1 fully saturated rings. The Kier molecular flexibility index (Phi) is 3.42. The lowest BCUT2D eigenvalue weighted by atomic mass is 10.1. The van der Waals surface area contributed by atoms with Gasteiger partial charge < -0.3 is 15.5 Å². The lowest BCUT2D eigenvalue weighted by Crippen LogP contribution is -2.43. The SMILES string of the molecule is Cn1cc(C2CN=C3C(=NC4CCNCC4)NC=CN32)cn1. The Morgan fingerprint density at radius 3 is 2.95 bits per heavy atom. The molecule has 7 nitrogen and oxygen atoms in total. The van der Waals surface area contributed by atoms with Crippen LogP contribution in [0.1, 0.15) is 24.4 Å². The summed E-state index contributed by atoms with van der Waals surface area (Å²) in [5.74, 6) is 1.86. The van der Waals surface area contributed by atoms with Gasteiger partial charge in [0.15, 0.2) is 11.7 Å². The third-order valence-electron chi connectivity index (χ3n) is 4.39. The maximum atomic E-state index is 4.89. The summed E-state index contributed by atoms with van der Waals surface area (Å²) in [5.41, 5.74) is 1.19. The number of piperidine rings is 1. The van der Waals surface area contributed by atoms with Crippen molar-refractivity contribution in [3.8, 4) is 0 Å². The van der Waals surface area contributed by atoms with Gasteiger partial charge in [-0.3, -0.25) is 14.7 Å². The zero-order chi connectivity index (χ0) is 14.9. The number of hydrogen-bond acceptors (Lipinski definition) is 5. The molecular formula is C15H21N7. The molecule has 3 aliphatic heterocycles. The summed E-state index contributed by atoms with van der Waals surface area (Å²) in [5, 5.41) is 10.9. The summed E-state index contributed by atoms with van der Waals surface area (Å²) in [6.45, 7) is 2.84. The van der Waals surface area contributed by atoms with Crippen molar-refractivity contribution in [2.45, 2.75) is 24.9 Å². The fourth-order valence-corrected chi connectivity index (χ4v) is 3.21. The number of nitrogens with one attached hydrogen (secondary N) is 2. The first-order valence-corrected chi connectivity index (χ1v) is 7.85. The van der Waals surface area contributed by atoms with E-state index in [1.165, 1.54) is 5.56 Å². The van der Waals surface area contributed by atoms with Crippen LogP contribution in [0.4, 0.5) is 0 Å². The highest BCUT2D eigenvalue weighted by Crippen LogP contribution is 2.28. The second-order valence-corrected chi connectivity index (χ2v) is 5.95. The Bertz CT molecular complexity index is 636. The van der Waals surface area contributed by atoms with Gasteiger partial charge in [-0.05, 0) is 25.9 Å². The average molecular weight is 299 g/mol. The number of aryl methyl sites for hydroxylation is 1. The highest BCUT2D eigenvalue weighted by atomic mass is 15.3. The number of aliphatic imine (C=N–C) groups is 2. The molecule has 4 heterocycles. The van der Waals surface area contributed by atoms with E-state index >= 15 is 0 Å². The smallest absolute Gasteiger partial charge is 0.171 e. The predicted molar refractivity (Wildman–Crippen MR) is 85.7 cm³/mol. The normalized spacial score (nSPS) is 27.0. The van der Waals surface area contributed by atoms with Gasteiger partial charge in [-0.25, -0.2) is 0 Å². The van der Waals surface area contributed by atoms with Crippen molar-refractivity contribution in [1.82, 2.24) is 25.3 Å². The Balaban J connectivity index is 1.56. The first-order valence-electron chi connectivity index (χ1n) is 7.85. The van der Waals surface area contributed by atoms with Crippen molar-refractivity contribution >= 4 is 11.7 Å². The van der Waals surface area contributed by atoms with E-state index in [2.05, 4.69) is 26.8 Å². The van der Waals surface area contributed by atoms with Crippen LogP contribution in [0, 0.1) is 0 Å². The minimum absolute atomic E-state index is 0.222. The number of aromatic nitrogens is 2. The van der Waals surface area contributed by atoms with E-state index < -0.39 is 0 Å². The fourth-order valence-electron chi connectivity index (χ4n) is 3.21. The van der Waals surface area contributed by atoms with Crippen LogP contribution in [-0.4, -0.2) is 52.0 Å². The van der Waals surface area contributed by atoms with Crippen LogP contribution in [0.2, 0.25) is 0 Å². The topological polar surface area (TPSA) is 69.8 Å². The summed E-state index contributed by atoms with van der Waals surface area (Å²) in [6.07, 6.45) is 10.2. The van der Waals surface area contributed by atoms with Crippen molar-refractivity contribution in [3.63, 3.8) is 0 Å². The van der Waals surface area contributed by atoms with Crippen LogP contribution in [-0.2, 0) is 7.05 Å². The van der Waals surface area contributed by atoms with Crippen molar-refractivity contribution < 1.29 is 0 Å². The van der Waals surface area contributed by atoms with Gasteiger partial charge in [0.1, 0.15) is 0 Å². The van der Waals surface area contributed by atoms with Crippen LogP contribution in [0.25, 0.3) is 0 Å². The quantitative estimate of drug-likeness (QED) is 0.829. The molecule has 22 heavy (non-hydrogen) atoms. The molecule has 1 aromatic rings. The molecular weight excluding hydrogens is 278 g/mol. The lowest BCUT2D eigenvalue weighted by molar-refractivity contribution is 0.449. The van der Waals surface area contributed by atoms with E-state index in [0.717, 1.165) is 44.1 Å². The Morgan fingerprint density at radius 1 is 1.32 bits per heavy atom. The zero-order valence-electron chi connectivity index (χ0n) is 12.7. The van der Waals surface area contributed by atoms with Crippen molar-refractivity contribution in [3.05, 3.63) is 30.4 Å².